The van der Waals surface area contributed by atoms with Crippen LogP contribution in [0.3, 0.4) is 0 Å². The Morgan fingerprint density at radius 1 is 0.380 bits per heavy atom. The van der Waals surface area contributed by atoms with Crippen molar-refractivity contribution in [3.8, 4) is 0 Å². The van der Waals surface area contributed by atoms with Crippen LogP contribution in [0.25, 0.3) is 0 Å². The molecule has 17 atom stereocenters. The Bertz CT molecular complexity index is 1190. The molecule has 0 spiro atoms. The zero-order valence-electron chi connectivity index (χ0n) is 31.7. The van der Waals surface area contributed by atoms with Gasteiger partial charge in [-0.15, -0.1) is 0 Å². The molecule has 3 nitrogen and oxygen atoms in total. The smallest absolute Gasteiger partial charge is 0.0766 e. The van der Waals surface area contributed by atoms with Crippen molar-refractivity contribution in [1.29, 1.82) is 0 Å². The van der Waals surface area contributed by atoms with E-state index in [4.69, 9.17) is 9.47 Å². The van der Waals surface area contributed by atoms with Gasteiger partial charge in [0.25, 0.3) is 0 Å². The maximum absolute atomic E-state index is 7.37. The van der Waals surface area contributed by atoms with Gasteiger partial charge in [-0.1, -0.05) is 64.2 Å². The highest BCUT2D eigenvalue weighted by molar-refractivity contribution is 8.00. The van der Waals surface area contributed by atoms with E-state index in [0.717, 1.165) is 81.8 Å². The summed E-state index contributed by atoms with van der Waals surface area (Å²) in [6.45, 7) is 0. The molecular weight excluding hydrogens is 631 g/mol. The third kappa shape index (κ3) is 5.71. The second-order valence-corrected chi connectivity index (χ2v) is 22.2. The third-order valence-corrected chi connectivity index (χ3v) is 20.9. The molecule has 4 heteroatoms. The van der Waals surface area contributed by atoms with Crippen molar-refractivity contribution >= 4 is 11.8 Å². The van der Waals surface area contributed by atoms with Crippen LogP contribution in [0.4, 0.5) is 0 Å². The minimum Gasteiger partial charge on any atom is -0.374 e. The van der Waals surface area contributed by atoms with Gasteiger partial charge < -0.3 is 9.47 Å². The SMILES string of the molecule is C1CCC2CC(C3CCC(N(C4CCCC5C6CCCCC6OC54)C4CCCC5C6CCC7OC8CCCCC8C7C6SC54)CC3)CCC2C1. The predicted octanol–water partition coefficient (Wildman–Crippen LogP) is 11.2. The van der Waals surface area contributed by atoms with Crippen LogP contribution < -0.4 is 0 Å². The third-order valence-electron chi connectivity index (χ3n) is 19.0. The summed E-state index contributed by atoms with van der Waals surface area (Å²) in [4.78, 5) is 3.38. The van der Waals surface area contributed by atoms with Crippen molar-refractivity contribution in [3.63, 3.8) is 0 Å². The van der Waals surface area contributed by atoms with Crippen LogP contribution in [0, 0.1) is 59.2 Å². The molecule has 3 heterocycles. The Morgan fingerprint density at radius 2 is 0.980 bits per heavy atom. The molecular formula is C46H73NO2S. The lowest BCUT2D eigenvalue weighted by molar-refractivity contribution is -0.0856. The minimum absolute atomic E-state index is 0.542. The molecule has 50 heavy (non-hydrogen) atoms. The fourth-order valence-electron chi connectivity index (χ4n) is 17.0. The van der Waals surface area contributed by atoms with Crippen LogP contribution >= 0.6 is 11.8 Å². The normalized spacial score (nSPS) is 56.0. The molecule has 0 aromatic carbocycles. The van der Waals surface area contributed by atoms with Crippen molar-refractivity contribution in [3.05, 3.63) is 0 Å². The second kappa shape index (κ2) is 14.1. The molecule has 0 amide bonds. The van der Waals surface area contributed by atoms with E-state index in [1.165, 1.54) is 128 Å². The highest BCUT2D eigenvalue weighted by Gasteiger charge is 2.61. The second-order valence-electron chi connectivity index (χ2n) is 20.9. The monoisotopic (exact) mass is 704 g/mol. The first-order valence-electron chi connectivity index (χ1n) is 23.5. The Balaban J connectivity index is 0.865. The molecule has 11 rings (SSSR count). The van der Waals surface area contributed by atoms with Gasteiger partial charge in [0.1, 0.15) is 0 Å². The summed E-state index contributed by atoms with van der Waals surface area (Å²) >= 11 is 2.59. The number of hydrogen-bond acceptors (Lipinski definition) is 4. The standard InChI is InChI=1S/C46H73NO2S/c1-2-10-30-27-31(20-19-28(30)9-1)29-21-23-32(24-22-29)47(38-15-7-13-34-33-11-3-5-17-40(33)49-44(34)38)39-16-8-14-35-36-25-26-42-43(46(36)50-45(35)39)37-12-4-6-18-41(37)48-42/h28-46H,1-27H2. The fourth-order valence-corrected chi connectivity index (χ4v) is 19.4. The summed E-state index contributed by atoms with van der Waals surface area (Å²) < 4.78 is 14.3. The summed E-state index contributed by atoms with van der Waals surface area (Å²) in [5, 5.41) is 1.78. The zero-order valence-corrected chi connectivity index (χ0v) is 32.5. The summed E-state index contributed by atoms with van der Waals surface area (Å²) in [5.74, 6) is 9.75. The average Bonchev–Trinajstić information content (AvgIpc) is 3.87. The van der Waals surface area contributed by atoms with Crippen LogP contribution in [-0.4, -0.2) is 57.9 Å². The van der Waals surface area contributed by atoms with E-state index in [9.17, 15) is 0 Å². The average molecular weight is 704 g/mol. The van der Waals surface area contributed by atoms with Crippen molar-refractivity contribution in [1.82, 2.24) is 4.90 Å². The predicted molar refractivity (Wildman–Crippen MR) is 205 cm³/mol. The molecule has 3 saturated heterocycles. The Hall–Kier alpha value is 0.230. The number of fused-ring (bicyclic) bond motifs is 11. The number of rotatable bonds is 4. The van der Waals surface area contributed by atoms with Gasteiger partial charge in [0.05, 0.1) is 24.4 Å². The van der Waals surface area contributed by atoms with E-state index in [0.29, 0.717) is 30.5 Å². The zero-order chi connectivity index (χ0) is 32.8. The van der Waals surface area contributed by atoms with Crippen LogP contribution in [0.2, 0.25) is 0 Å². The van der Waals surface area contributed by atoms with Crippen molar-refractivity contribution < 1.29 is 9.47 Å². The van der Waals surface area contributed by atoms with Gasteiger partial charge in [-0.25, -0.2) is 0 Å². The van der Waals surface area contributed by atoms with Gasteiger partial charge in [0.15, 0.2) is 0 Å². The molecule has 0 N–H and O–H groups in total. The Labute approximate surface area is 310 Å². The van der Waals surface area contributed by atoms with Crippen molar-refractivity contribution in [2.24, 2.45) is 59.2 Å². The van der Waals surface area contributed by atoms with Gasteiger partial charge in [-0.05, 0) is 162 Å². The highest BCUT2D eigenvalue weighted by Crippen LogP contribution is 2.63. The van der Waals surface area contributed by atoms with E-state index in [2.05, 4.69) is 16.7 Å². The van der Waals surface area contributed by atoms with E-state index >= 15 is 0 Å². The lowest BCUT2D eigenvalue weighted by Crippen LogP contribution is -2.61. The molecule has 280 valence electrons. The first kappa shape index (κ1) is 33.6. The number of hydrogen-bond donors (Lipinski definition) is 0. The first-order valence-corrected chi connectivity index (χ1v) is 24.5. The number of nitrogens with zero attached hydrogens (tertiary/aromatic N) is 1. The van der Waals surface area contributed by atoms with Gasteiger partial charge in [-0.2, -0.15) is 11.8 Å². The minimum atomic E-state index is 0.542. The van der Waals surface area contributed by atoms with Crippen LogP contribution in [-0.2, 0) is 9.47 Å². The quantitative estimate of drug-likeness (QED) is 0.291. The maximum atomic E-state index is 7.37. The van der Waals surface area contributed by atoms with Crippen LogP contribution in [0.15, 0.2) is 0 Å². The molecule has 8 aliphatic carbocycles. The topological polar surface area (TPSA) is 21.7 Å². The molecule has 3 aliphatic heterocycles. The summed E-state index contributed by atoms with van der Waals surface area (Å²) in [6.07, 6.45) is 42.5. The molecule has 0 aromatic heterocycles. The maximum Gasteiger partial charge on any atom is 0.0766 e. The van der Waals surface area contributed by atoms with Gasteiger partial charge in [0, 0.05) is 34.5 Å². The summed E-state index contributed by atoms with van der Waals surface area (Å²) in [6, 6.07) is 2.34. The fraction of sp³-hybridized carbons (Fsp3) is 1.00. The van der Waals surface area contributed by atoms with Gasteiger partial charge >= 0.3 is 0 Å². The van der Waals surface area contributed by atoms with Gasteiger partial charge in [0.2, 0.25) is 0 Å². The molecule has 0 radical (unpaired) electrons. The molecule has 8 saturated carbocycles. The summed E-state index contributed by atoms with van der Waals surface area (Å²) in [5.41, 5.74) is 0. The largest absolute Gasteiger partial charge is 0.374 e. The van der Waals surface area contributed by atoms with Crippen LogP contribution in [0.1, 0.15) is 173 Å². The Kier molecular flexibility index (Phi) is 9.44. The first-order chi connectivity index (χ1) is 24.8. The lowest BCUT2D eigenvalue weighted by Gasteiger charge is -2.54. The van der Waals surface area contributed by atoms with Crippen LogP contribution in [0.5, 0.6) is 0 Å². The number of ether oxygens (including phenoxy) is 2. The lowest BCUT2D eigenvalue weighted by atomic mass is 9.62. The van der Waals surface area contributed by atoms with E-state index in [1.54, 1.807) is 44.9 Å². The van der Waals surface area contributed by atoms with Crippen molar-refractivity contribution in [2.45, 2.75) is 226 Å². The van der Waals surface area contributed by atoms with Crippen molar-refractivity contribution in [2.75, 3.05) is 0 Å². The molecule has 0 aromatic rings. The number of thioether (sulfide) groups is 1. The van der Waals surface area contributed by atoms with E-state index < -0.39 is 0 Å². The van der Waals surface area contributed by atoms with E-state index in [1.807, 2.05) is 0 Å². The molecule has 17 unspecified atom stereocenters. The molecule has 0 bridgehead atoms. The Morgan fingerprint density at radius 3 is 1.84 bits per heavy atom. The highest BCUT2D eigenvalue weighted by atomic mass is 32.2. The van der Waals surface area contributed by atoms with Gasteiger partial charge in [-0.3, -0.25) is 4.90 Å². The van der Waals surface area contributed by atoms with E-state index in [-0.39, 0.29) is 0 Å². The molecule has 11 fully saturated rings. The summed E-state index contributed by atoms with van der Waals surface area (Å²) in [7, 11) is 0. The molecule has 11 aliphatic rings.